The molecule has 0 spiro atoms. The summed E-state index contributed by atoms with van der Waals surface area (Å²) in [5.41, 5.74) is 20.0. The van der Waals surface area contributed by atoms with Gasteiger partial charge in [0.05, 0.1) is 22.1 Å². The number of nitrogens with zero attached hydrogens (tertiary/aromatic N) is 4. The van der Waals surface area contributed by atoms with Crippen LogP contribution in [0.4, 0.5) is 34.1 Å². The van der Waals surface area contributed by atoms with Crippen LogP contribution in [-0.2, 0) is 10.8 Å². The van der Waals surface area contributed by atoms with Gasteiger partial charge in [0, 0.05) is 67.0 Å². The Labute approximate surface area is 618 Å². The third-order valence-corrected chi connectivity index (χ3v) is 32.5. The Hall–Kier alpha value is -12.0. The maximum Gasteiger partial charge on any atom is 0.252 e. The van der Waals surface area contributed by atoms with E-state index in [4.69, 9.17) is 0 Å². The van der Waals surface area contributed by atoms with E-state index in [1.165, 1.54) is 113 Å². The van der Waals surface area contributed by atoms with Crippen LogP contribution in [-0.4, -0.2) is 32.0 Å². The number of hydrogen-bond acceptors (Lipinski definition) is 2. The summed E-state index contributed by atoms with van der Waals surface area (Å²) in [5, 5.41) is 15.5. The predicted molar refractivity (Wildman–Crippen MR) is 454 cm³/mol. The Morgan fingerprint density at radius 1 is 0.248 bits per heavy atom. The van der Waals surface area contributed by atoms with Crippen molar-refractivity contribution in [3.63, 3.8) is 0 Å². The first-order valence-electron chi connectivity index (χ1n) is 37.0. The highest BCUT2D eigenvalue weighted by atomic mass is 28.3. The van der Waals surface area contributed by atoms with Gasteiger partial charge in [-0.05, 0) is 141 Å². The first-order valence-corrected chi connectivity index (χ1v) is 41.0. The average Bonchev–Trinajstić information content (AvgIpc) is 1.65. The molecule has 0 unspecified atom stereocenters. The molecule has 0 radical (unpaired) electrons. The van der Waals surface area contributed by atoms with E-state index in [-0.39, 0.29) is 17.5 Å². The zero-order valence-corrected chi connectivity index (χ0v) is 62.1. The molecule has 502 valence electrons. The smallest absolute Gasteiger partial charge is 0.252 e. The lowest BCUT2D eigenvalue weighted by molar-refractivity contribution is 0.593. The van der Waals surface area contributed by atoms with Crippen LogP contribution in [0.25, 0.3) is 55.0 Å². The Bertz CT molecular complexity index is 5630. The molecule has 0 fully saturated rings. The molecule has 17 aromatic rings. The van der Waals surface area contributed by atoms with Crippen LogP contribution in [0.3, 0.4) is 0 Å². The van der Waals surface area contributed by atoms with Gasteiger partial charge < -0.3 is 18.9 Å². The summed E-state index contributed by atoms with van der Waals surface area (Å²) in [6.07, 6.45) is 0. The summed E-state index contributed by atoms with van der Waals surface area (Å²) >= 11 is 0. The Morgan fingerprint density at radius 2 is 0.533 bits per heavy atom. The fourth-order valence-corrected chi connectivity index (χ4v) is 28.4. The van der Waals surface area contributed by atoms with E-state index in [2.05, 4.69) is 431 Å². The quantitative estimate of drug-likeness (QED) is 0.0895. The van der Waals surface area contributed by atoms with E-state index in [1.807, 2.05) is 0 Å². The van der Waals surface area contributed by atoms with Gasteiger partial charge in [-0.1, -0.05) is 351 Å². The zero-order chi connectivity index (χ0) is 70.8. The van der Waals surface area contributed by atoms with Crippen LogP contribution in [0.15, 0.2) is 370 Å². The fraction of sp³-hybridized carbons (Fsp3) is 0.0816. The SMILES string of the molecule is CC(C)(C)c1cccc2c3ccccc3n(-c3ccc4c(c3)N(c3ccccc3[Si](c3ccccc3)(c3ccccc3)c3ccccc3)c3cccc5c3B4c3ccc(-n4c6ccccc6c6cccc(C(C)(C)C)c64)cc3N5c3ccccc3[Si](c3ccccc3)(c3ccccc3)c3ccccc3)c12. The maximum absolute atomic E-state index is 3.26. The molecule has 0 bridgehead atoms. The second kappa shape index (κ2) is 24.9. The molecule has 105 heavy (non-hydrogen) atoms. The van der Waals surface area contributed by atoms with Crippen LogP contribution in [0.1, 0.15) is 52.7 Å². The van der Waals surface area contributed by atoms with Crippen LogP contribution in [0.5, 0.6) is 0 Å². The summed E-state index contributed by atoms with van der Waals surface area (Å²) in [4.78, 5) is 5.43. The van der Waals surface area contributed by atoms with Crippen molar-refractivity contribution in [3.05, 3.63) is 381 Å². The molecule has 0 aliphatic carbocycles. The minimum atomic E-state index is -3.26. The highest BCUT2D eigenvalue weighted by molar-refractivity contribution is 7.21. The van der Waals surface area contributed by atoms with E-state index >= 15 is 0 Å². The van der Waals surface area contributed by atoms with Gasteiger partial charge in [0.1, 0.15) is 0 Å². The van der Waals surface area contributed by atoms with Crippen molar-refractivity contribution in [2.45, 2.75) is 52.4 Å². The van der Waals surface area contributed by atoms with Crippen molar-refractivity contribution in [1.82, 2.24) is 9.13 Å². The first-order chi connectivity index (χ1) is 51.4. The molecule has 2 aliphatic heterocycles. The van der Waals surface area contributed by atoms with Crippen LogP contribution in [0, 0.1) is 0 Å². The molecule has 0 saturated heterocycles. The largest absolute Gasteiger partial charge is 0.311 e. The highest BCUT2D eigenvalue weighted by Gasteiger charge is 2.50. The molecule has 0 amide bonds. The molecule has 4 nitrogen and oxygen atoms in total. The molecule has 2 aliphatic rings. The Balaban J connectivity index is 0.964. The number of aromatic nitrogens is 2. The number of anilines is 6. The fourth-order valence-electron chi connectivity index (χ4n) is 18.5. The van der Waals surface area contributed by atoms with E-state index in [0.717, 1.165) is 45.5 Å². The average molecular weight is 1380 g/mol. The summed E-state index contributed by atoms with van der Waals surface area (Å²) in [6.45, 7) is 13.9. The Kier molecular flexibility index (Phi) is 15.1. The lowest BCUT2D eigenvalue weighted by Gasteiger charge is -2.46. The standard InChI is InChI=1S/C98H79BN4Si2/c1-97(2,3)80-52-33-50-78-76-48-25-27-54-84(76)100(95(78)80)68-62-64-82-90(66-68)102(86-56-29-31-60-92(86)104(70-36-13-7-14-37-70,71-38-15-8-16-39-71)72-40-17-9-18-41-72)88-58-35-59-89-94(88)99(82)83-65-63-69(101-85-55-28-26-49-77(85)79-51-34-53-81(96(79)101)98(4,5)6)67-91(83)103(89)87-57-30-32-61-93(87)105(73-42-19-10-20-43-73,74-44-21-11-22-45-74)75-46-23-12-24-47-75/h7-67H,1-6H3. The monoisotopic (exact) mass is 1380 g/mol. The second-order valence-electron chi connectivity index (χ2n) is 30.6. The highest BCUT2D eigenvalue weighted by Crippen LogP contribution is 2.48. The van der Waals surface area contributed by atoms with Crippen molar-refractivity contribution in [2.75, 3.05) is 9.80 Å². The lowest BCUT2D eigenvalue weighted by Crippen LogP contribution is -2.75. The maximum atomic E-state index is 2.71. The second-order valence-corrected chi connectivity index (χ2v) is 38.2. The van der Waals surface area contributed by atoms with Crippen LogP contribution in [0.2, 0.25) is 0 Å². The van der Waals surface area contributed by atoms with Crippen molar-refractivity contribution in [1.29, 1.82) is 0 Å². The molecule has 19 rings (SSSR count). The van der Waals surface area contributed by atoms with Gasteiger partial charge in [-0.15, -0.1) is 0 Å². The van der Waals surface area contributed by atoms with Gasteiger partial charge in [0.15, 0.2) is 16.1 Å². The molecule has 0 N–H and O–H groups in total. The minimum absolute atomic E-state index is 0.158. The van der Waals surface area contributed by atoms with Crippen molar-refractivity contribution >= 4 is 158 Å². The summed E-state index contributed by atoms with van der Waals surface area (Å²) in [5.74, 6) is 0. The normalized spacial score (nSPS) is 13.0. The lowest BCUT2D eigenvalue weighted by atomic mass is 9.33. The third kappa shape index (κ3) is 9.78. The van der Waals surface area contributed by atoms with E-state index in [9.17, 15) is 0 Å². The van der Waals surface area contributed by atoms with E-state index < -0.39 is 16.1 Å². The number of para-hydroxylation sites is 6. The number of hydrogen-bond donors (Lipinski definition) is 0. The molecule has 4 heterocycles. The van der Waals surface area contributed by atoms with Gasteiger partial charge in [-0.2, -0.15) is 0 Å². The molecule has 0 atom stereocenters. The molecule has 2 aromatic heterocycles. The number of benzene rings is 15. The van der Waals surface area contributed by atoms with Crippen molar-refractivity contribution in [2.24, 2.45) is 0 Å². The van der Waals surface area contributed by atoms with Gasteiger partial charge in [-0.3, -0.25) is 0 Å². The number of fused-ring (bicyclic) bond motifs is 10. The summed E-state index contributed by atoms with van der Waals surface area (Å²) in [6, 6.07) is 142. The molecular formula is C98H79BN4Si2. The summed E-state index contributed by atoms with van der Waals surface area (Å²) in [7, 11) is -6.51. The molecule has 7 heteroatoms. The molecule has 15 aromatic carbocycles. The predicted octanol–water partition coefficient (Wildman–Crippen LogP) is 17.3. The molecule has 0 saturated carbocycles. The number of rotatable bonds is 12. The third-order valence-electron chi connectivity index (χ3n) is 22.8. The van der Waals surface area contributed by atoms with E-state index in [1.54, 1.807) is 0 Å². The van der Waals surface area contributed by atoms with E-state index in [0.29, 0.717) is 0 Å². The van der Waals surface area contributed by atoms with Crippen molar-refractivity contribution < 1.29 is 0 Å². The zero-order valence-electron chi connectivity index (χ0n) is 60.1. The first kappa shape index (κ1) is 63.9. The topological polar surface area (TPSA) is 16.3 Å². The van der Waals surface area contributed by atoms with Gasteiger partial charge in [0.2, 0.25) is 0 Å². The van der Waals surface area contributed by atoms with Gasteiger partial charge in [0.25, 0.3) is 6.71 Å². The van der Waals surface area contributed by atoms with Crippen LogP contribution < -0.4 is 67.7 Å². The summed E-state index contributed by atoms with van der Waals surface area (Å²) < 4.78 is 5.16. The van der Waals surface area contributed by atoms with Crippen molar-refractivity contribution in [3.8, 4) is 11.4 Å². The molecular weight excluding hydrogens is 1300 g/mol. The van der Waals surface area contributed by atoms with Gasteiger partial charge in [-0.25, -0.2) is 0 Å². The minimum Gasteiger partial charge on any atom is -0.311 e. The Morgan fingerprint density at radius 3 is 0.876 bits per heavy atom. The van der Waals surface area contributed by atoms with Gasteiger partial charge >= 0.3 is 0 Å². The van der Waals surface area contributed by atoms with Crippen LogP contribution >= 0.6 is 0 Å².